The summed E-state index contributed by atoms with van der Waals surface area (Å²) in [7, 11) is 0. The van der Waals surface area contributed by atoms with Crippen molar-refractivity contribution in [2.75, 3.05) is 0 Å². The van der Waals surface area contributed by atoms with Gasteiger partial charge in [0.15, 0.2) is 0 Å². The molecule has 0 aliphatic carbocycles. The van der Waals surface area contributed by atoms with Gasteiger partial charge < -0.3 is 9.64 Å². The summed E-state index contributed by atoms with van der Waals surface area (Å²) in [6.07, 6.45) is 5.91. The number of benzene rings is 1. The number of hydrogen-bond acceptors (Lipinski definition) is 2. The Hall–Kier alpha value is -2.03. The first-order valence-corrected chi connectivity index (χ1v) is 4.69. The minimum absolute atomic E-state index is 0.0763. The molecule has 3 heteroatoms. The van der Waals surface area contributed by atoms with Crippen LogP contribution in [0.4, 0.5) is 0 Å². The molecule has 2 rings (SSSR count). The van der Waals surface area contributed by atoms with Crippen molar-refractivity contribution in [3.8, 4) is 0 Å². The summed E-state index contributed by atoms with van der Waals surface area (Å²) in [6.45, 7) is 0.559. The highest BCUT2D eigenvalue weighted by atomic mass is 16.5. The Labute approximate surface area is 88.3 Å². The van der Waals surface area contributed by atoms with E-state index in [-0.39, 0.29) is 5.91 Å². The van der Waals surface area contributed by atoms with E-state index in [1.54, 1.807) is 11.1 Å². The highest BCUT2D eigenvalue weighted by Gasteiger charge is 2.09. The first-order valence-electron chi connectivity index (χ1n) is 4.69. The quantitative estimate of drug-likeness (QED) is 0.732. The fraction of sp³-hybridized carbons (Fsp3) is 0.0833. The molecule has 0 N–H and O–H groups in total. The van der Waals surface area contributed by atoms with Gasteiger partial charge in [-0.2, -0.15) is 0 Å². The zero-order valence-corrected chi connectivity index (χ0v) is 8.17. The predicted octanol–water partition coefficient (Wildman–Crippen LogP) is 2.03. The molecule has 0 fully saturated rings. The van der Waals surface area contributed by atoms with Crippen LogP contribution in [0.3, 0.4) is 0 Å². The van der Waals surface area contributed by atoms with Gasteiger partial charge in [-0.15, -0.1) is 0 Å². The van der Waals surface area contributed by atoms with Crippen molar-refractivity contribution in [3.05, 3.63) is 60.7 Å². The van der Waals surface area contributed by atoms with Crippen LogP contribution in [0, 0.1) is 0 Å². The van der Waals surface area contributed by atoms with Crippen LogP contribution in [-0.4, -0.2) is 10.8 Å². The van der Waals surface area contributed by atoms with Crippen LogP contribution in [0.2, 0.25) is 0 Å². The second kappa shape index (κ2) is 4.46. The Bertz CT molecular complexity index is 395. The van der Waals surface area contributed by atoms with Crippen molar-refractivity contribution >= 4 is 5.91 Å². The average Bonchev–Trinajstić information content (AvgIpc) is 2.46. The molecule has 1 heterocycles. The van der Waals surface area contributed by atoms with Gasteiger partial charge in [-0.3, -0.25) is 4.79 Å². The van der Waals surface area contributed by atoms with Crippen molar-refractivity contribution in [2.24, 2.45) is 0 Å². The zero-order valence-electron chi connectivity index (χ0n) is 8.17. The largest absolute Gasteiger partial charge is 0.471 e. The minimum atomic E-state index is -0.0763. The maximum absolute atomic E-state index is 11.5. The molecule has 0 atom stereocenters. The van der Waals surface area contributed by atoms with Crippen molar-refractivity contribution in [2.45, 2.75) is 6.54 Å². The van der Waals surface area contributed by atoms with Crippen LogP contribution in [0.25, 0.3) is 0 Å². The second-order valence-electron chi connectivity index (χ2n) is 3.18. The summed E-state index contributed by atoms with van der Waals surface area (Å²) in [4.78, 5) is 13.1. The number of ether oxygens (including phenoxy) is 1. The summed E-state index contributed by atoms with van der Waals surface area (Å²) >= 11 is 0. The molecule has 1 aromatic carbocycles. The molecule has 0 spiro atoms. The molecule has 0 bridgehead atoms. The lowest BCUT2D eigenvalue weighted by atomic mass is 10.2. The third-order valence-corrected chi connectivity index (χ3v) is 2.09. The number of amides is 1. The highest BCUT2D eigenvalue weighted by molar-refractivity contribution is 5.88. The SMILES string of the molecule is O=C1C=COC=CN1Cc1ccccc1. The summed E-state index contributed by atoms with van der Waals surface area (Å²) < 4.78 is 4.91. The van der Waals surface area contributed by atoms with E-state index in [0.29, 0.717) is 6.54 Å². The minimum Gasteiger partial charge on any atom is -0.471 e. The Morgan fingerprint density at radius 3 is 2.73 bits per heavy atom. The maximum atomic E-state index is 11.5. The number of nitrogens with zero attached hydrogens (tertiary/aromatic N) is 1. The van der Waals surface area contributed by atoms with E-state index >= 15 is 0 Å². The fourth-order valence-corrected chi connectivity index (χ4v) is 1.33. The maximum Gasteiger partial charge on any atom is 0.254 e. The Morgan fingerprint density at radius 1 is 1.13 bits per heavy atom. The first kappa shape index (κ1) is 9.52. The molecule has 1 aliphatic heterocycles. The zero-order chi connectivity index (χ0) is 10.5. The molecular weight excluding hydrogens is 190 g/mol. The predicted molar refractivity (Wildman–Crippen MR) is 56.4 cm³/mol. The van der Waals surface area contributed by atoms with E-state index in [1.807, 2.05) is 30.3 Å². The van der Waals surface area contributed by atoms with E-state index in [1.165, 1.54) is 18.6 Å². The van der Waals surface area contributed by atoms with Gasteiger partial charge >= 0.3 is 0 Å². The van der Waals surface area contributed by atoms with Gasteiger partial charge in [0.1, 0.15) is 6.26 Å². The number of hydrogen-bond donors (Lipinski definition) is 0. The molecule has 76 valence electrons. The lowest BCUT2D eigenvalue weighted by Gasteiger charge is -2.14. The van der Waals surface area contributed by atoms with E-state index in [2.05, 4.69) is 0 Å². The van der Waals surface area contributed by atoms with E-state index < -0.39 is 0 Å². The molecule has 0 aromatic heterocycles. The molecule has 1 amide bonds. The molecule has 15 heavy (non-hydrogen) atoms. The topological polar surface area (TPSA) is 29.5 Å². The van der Waals surface area contributed by atoms with Crippen LogP contribution in [0.5, 0.6) is 0 Å². The van der Waals surface area contributed by atoms with Gasteiger partial charge in [-0.05, 0) is 5.56 Å². The summed E-state index contributed by atoms with van der Waals surface area (Å²) in [5.41, 5.74) is 1.09. The second-order valence-corrected chi connectivity index (χ2v) is 3.18. The van der Waals surface area contributed by atoms with Gasteiger partial charge in [0.05, 0.1) is 12.8 Å². The van der Waals surface area contributed by atoms with Gasteiger partial charge in [0, 0.05) is 12.3 Å². The van der Waals surface area contributed by atoms with Crippen molar-refractivity contribution in [3.63, 3.8) is 0 Å². The average molecular weight is 201 g/mol. The molecule has 1 aromatic rings. The van der Waals surface area contributed by atoms with Crippen molar-refractivity contribution in [1.29, 1.82) is 0 Å². The molecule has 0 unspecified atom stereocenters. The van der Waals surface area contributed by atoms with Crippen molar-refractivity contribution < 1.29 is 9.53 Å². The van der Waals surface area contributed by atoms with Crippen LogP contribution in [0.15, 0.2) is 55.1 Å². The Balaban J connectivity index is 2.11. The summed E-state index contributed by atoms with van der Waals surface area (Å²) in [6, 6.07) is 9.82. The first-order chi connectivity index (χ1) is 7.36. The number of rotatable bonds is 2. The molecule has 0 saturated heterocycles. The molecular formula is C12H11NO2. The fourth-order valence-electron chi connectivity index (χ4n) is 1.33. The third kappa shape index (κ3) is 2.47. The van der Waals surface area contributed by atoms with Crippen molar-refractivity contribution in [1.82, 2.24) is 4.90 Å². The van der Waals surface area contributed by atoms with Gasteiger partial charge in [-0.1, -0.05) is 30.3 Å². The van der Waals surface area contributed by atoms with Crippen LogP contribution >= 0.6 is 0 Å². The normalized spacial score (nSPS) is 14.9. The molecule has 1 aliphatic rings. The van der Waals surface area contributed by atoms with E-state index in [9.17, 15) is 4.79 Å². The standard InChI is InChI=1S/C12H11NO2/c14-12-6-8-15-9-7-13(12)10-11-4-2-1-3-5-11/h1-9H,10H2. The number of carbonyl (C=O) groups excluding carboxylic acids is 1. The molecule has 3 nitrogen and oxygen atoms in total. The Kier molecular flexibility index (Phi) is 2.83. The lowest BCUT2D eigenvalue weighted by molar-refractivity contribution is -0.124. The number of carbonyl (C=O) groups is 1. The van der Waals surface area contributed by atoms with E-state index in [0.717, 1.165) is 5.56 Å². The lowest BCUT2D eigenvalue weighted by Crippen LogP contribution is -2.22. The van der Waals surface area contributed by atoms with Gasteiger partial charge in [-0.25, -0.2) is 0 Å². The molecule has 0 radical (unpaired) electrons. The Morgan fingerprint density at radius 2 is 1.93 bits per heavy atom. The monoisotopic (exact) mass is 201 g/mol. The van der Waals surface area contributed by atoms with Crippen LogP contribution in [0.1, 0.15) is 5.56 Å². The highest BCUT2D eigenvalue weighted by Crippen LogP contribution is 2.07. The van der Waals surface area contributed by atoms with Gasteiger partial charge in [0.2, 0.25) is 0 Å². The van der Waals surface area contributed by atoms with Crippen LogP contribution < -0.4 is 0 Å². The smallest absolute Gasteiger partial charge is 0.254 e. The third-order valence-electron chi connectivity index (χ3n) is 2.09. The van der Waals surface area contributed by atoms with Gasteiger partial charge in [0.25, 0.3) is 5.91 Å². The van der Waals surface area contributed by atoms with E-state index in [4.69, 9.17) is 4.74 Å². The summed E-state index contributed by atoms with van der Waals surface area (Å²) in [5, 5.41) is 0. The summed E-state index contributed by atoms with van der Waals surface area (Å²) in [5.74, 6) is -0.0763. The molecule has 0 saturated carbocycles. The van der Waals surface area contributed by atoms with Crippen LogP contribution in [-0.2, 0) is 16.1 Å².